The molecule has 3 heterocycles. The summed E-state index contributed by atoms with van der Waals surface area (Å²) in [6.45, 7) is 3.76. The quantitative estimate of drug-likeness (QED) is 0.880. The number of rotatable bonds is 3. The maximum atomic E-state index is 11.0. The maximum Gasteiger partial charge on any atom is 0.270 e. The molecular weight excluding hydrogens is 256 g/mol. The molecule has 20 heavy (non-hydrogen) atoms. The average Bonchev–Trinajstić information content (AvgIpc) is 3.08. The Hall–Kier alpha value is -2.44. The second-order valence-electron chi connectivity index (χ2n) is 5.03. The van der Waals surface area contributed by atoms with E-state index in [0.717, 1.165) is 25.3 Å². The minimum Gasteiger partial charge on any atom is -0.364 e. The largest absolute Gasteiger partial charge is 0.364 e. The number of primary amides is 1. The first-order chi connectivity index (χ1) is 9.63. The molecule has 1 aliphatic heterocycles. The van der Waals surface area contributed by atoms with Crippen LogP contribution in [0.5, 0.6) is 0 Å². The molecule has 1 unspecified atom stereocenters. The van der Waals surface area contributed by atoms with Gasteiger partial charge in [-0.1, -0.05) is 5.21 Å². The lowest BCUT2D eigenvalue weighted by Crippen LogP contribution is -2.22. The molecule has 2 aromatic rings. The molecule has 0 radical (unpaired) electrons. The smallest absolute Gasteiger partial charge is 0.270 e. The SMILES string of the molecule is Cc1ccnc(N2CCC(n3cc(C(N)=O)nn3)C2)c1. The summed E-state index contributed by atoms with van der Waals surface area (Å²) in [6, 6.07) is 4.24. The lowest BCUT2D eigenvalue weighted by atomic mass is 10.3. The van der Waals surface area contributed by atoms with Gasteiger partial charge in [0.05, 0.1) is 12.2 Å². The number of aromatic nitrogens is 4. The van der Waals surface area contributed by atoms with Crippen LogP contribution in [0.2, 0.25) is 0 Å². The zero-order chi connectivity index (χ0) is 14.1. The van der Waals surface area contributed by atoms with Crippen molar-refractivity contribution < 1.29 is 4.79 Å². The molecular formula is C13H16N6O. The van der Waals surface area contributed by atoms with Crippen LogP contribution in [0, 0.1) is 6.92 Å². The third-order valence-electron chi connectivity index (χ3n) is 3.53. The van der Waals surface area contributed by atoms with Crippen LogP contribution in [0.4, 0.5) is 5.82 Å². The van der Waals surface area contributed by atoms with Gasteiger partial charge in [-0.2, -0.15) is 0 Å². The van der Waals surface area contributed by atoms with Gasteiger partial charge < -0.3 is 10.6 Å². The Balaban J connectivity index is 1.74. The summed E-state index contributed by atoms with van der Waals surface area (Å²) in [4.78, 5) is 17.6. The number of carbonyl (C=O) groups is 1. The number of pyridine rings is 1. The molecule has 0 aliphatic carbocycles. The Labute approximate surface area is 116 Å². The Morgan fingerprint density at radius 3 is 3.05 bits per heavy atom. The fourth-order valence-electron chi connectivity index (χ4n) is 2.43. The van der Waals surface area contributed by atoms with Crippen molar-refractivity contribution in [2.24, 2.45) is 5.73 Å². The second-order valence-corrected chi connectivity index (χ2v) is 5.03. The van der Waals surface area contributed by atoms with E-state index in [9.17, 15) is 4.79 Å². The van der Waals surface area contributed by atoms with E-state index in [1.807, 2.05) is 12.3 Å². The average molecular weight is 272 g/mol. The van der Waals surface area contributed by atoms with E-state index in [1.54, 1.807) is 10.9 Å². The number of nitrogens with two attached hydrogens (primary N) is 1. The van der Waals surface area contributed by atoms with Gasteiger partial charge in [-0.15, -0.1) is 5.10 Å². The highest BCUT2D eigenvalue weighted by Crippen LogP contribution is 2.25. The van der Waals surface area contributed by atoms with Crippen LogP contribution in [0.3, 0.4) is 0 Å². The first-order valence-electron chi connectivity index (χ1n) is 6.53. The molecule has 0 bridgehead atoms. The van der Waals surface area contributed by atoms with Gasteiger partial charge in [0.1, 0.15) is 5.82 Å². The predicted molar refractivity (Wildman–Crippen MR) is 73.4 cm³/mol. The summed E-state index contributed by atoms with van der Waals surface area (Å²) < 4.78 is 1.72. The second kappa shape index (κ2) is 4.92. The van der Waals surface area contributed by atoms with Gasteiger partial charge in [0.2, 0.25) is 0 Å². The standard InChI is InChI=1S/C13H16N6O/c1-9-2-4-15-12(6-9)18-5-3-10(7-18)19-8-11(13(14)20)16-17-19/h2,4,6,8,10H,3,5,7H2,1H3,(H2,14,20). The summed E-state index contributed by atoms with van der Waals surface area (Å²) >= 11 is 0. The molecule has 0 saturated carbocycles. The third kappa shape index (κ3) is 2.34. The number of hydrogen-bond acceptors (Lipinski definition) is 5. The lowest BCUT2D eigenvalue weighted by Gasteiger charge is -2.17. The number of carbonyl (C=O) groups excluding carboxylic acids is 1. The molecule has 1 amide bonds. The van der Waals surface area contributed by atoms with E-state index in [1.165, 1.54) is 5.56 Å². The van der Waals surface area contributed by atoms with Crippen LogP contribution in [-0.4, -0.2) is 39.0 Å². The molecule has 7 nitrogen and oxygen atoms in total. The van der Waals surface area contributed by atoms with Crippen LogP contribution < -0.4 is 10.6 Å². The maximum absolute atomic E-state index is 11.0. The zero-order valence-electron chi connectivity index (χ0n) is 11.2. The van der Waals surface area contributed by atoms with E-state index in [0.29, 0.717) is 0 Å². The van der Waals surface area contributed by atoms with Gasteiger partial charge in [0.25, 0.3) is 5.91 Å². The van der Waals surface area contributed by atoms with Crippen LogP contribution in [-0.2, 0) is 0 Å². The summed E-state index contributed by atoms with van der Waals surface area (Å²) in [6.07, 6.45) is 4.37. The van der Waals surface area contributed by atoms with Crippen molar-refractivity contribution in [3.8, 4) is 0 Å². The van der Waals surface area contributed by atoms with E-state index < -0.39 is 5.91 Å². The molecule has 1 atom stereocenters. The van der Waals surface area contributed by atoms with Crippen molar-refractivity contribution in [2.45, 2.75) is 19.4 Å². The van der Waals surface area contributed by atoms with E-state index in [4.69, 9.17) is 5.73 Å². The first kappa shape index (κ1) is 12.6. The van der Waals surface area contributed by atoms with E-state index in [2.05, 4.69) is 33.2 Å². The molecule has 7 heteroatoms. The highest BCUT2D eigenvalue weighted by Gasteiger charge is 2.26. The highest BCUT2D eigenvalue weighted by atomic mass is 16.1. The Morgan fingerprint density at radius 1 is 1.50 bits per heavy atom. The number of aryl methyl sites for hydroxylation is 1. The summed E-state index contributed by atoms with van der Waals surface area (Å²) in [5.41, 5.74) is 6.58. The first-order valence-corrected chi connectivity index (χ1v) is 6.53. The molecule has 2 aromatic heterocycles. The molecule has 2 N–H and O–H groups in total. The van der Waals surface area contributed by atoms with Gasteiger partial charge >= 0.3 is 0 Å². The highest BCUT2D eigenvalue weighted by molar-refractivity contribution is 5.90. The summed E-state index contributed by atoms with van der Waals surface area (Å²) in [5, 5.41) is 7.76. The monoisotopic (exact) mass is 272 g/mol. The van der Waals surface area contributed by atoms with Crippen LogP contribution in [0.15, 0.2) is 24.5 Å². The van der Waals surface area contributed by atoms with Gasteiger partial charge in [-0.25, -0.2) is 9.67 Å². The molecule has 1 saturated heterocycles. The molecule has 3 rings (SSSR count). The summed E-state index contributed by atoms with van der Waals surface area (Å²) in [5.74, 6) is 0.425. The van der Waals surface area contributed by atoms with Crippen LogP contribution in [0.1, 0.15) is 28.5 Å². The van der Waals surface area contributed by atoms with Crippen molar-refractivity contribution in [3.63, 3.8) is 0 Å². The predicted octanol–water partition coefficient (Wildman–Crippen LogP) is 0.532. The fraction of sp³-hybridized carbons (Fsp3) is 0.385. The van der Waals surface area contributed by atoms with Gasteiger partial charge in [-0.3, -0.25) is 4.79 Å². The number of hydrogen-bond donors (Lipinski definition) is 1. The minimum atomic E-state index is -0.550. The molecule has 1 aliphatic rings. The normalized spacial score (nSPS) is 18.4. The van der Waals surface area contributed by atoms with Gasteiger partial charge in [0.15, 0.2) is 5.69 Å². The fourth-order valence-corrected chi connectivity index (χ4v) is 2.43. The van der Waals surface area contributed by atoms with Gasteiger partial charge in [0, 0.05) is 19.3 Å². The van der Waals surface area contributed by atoms with Crippen molar-refractivity contribution in [1.29, 1.82) is 0 Å². The van der Waals surface area contributed by atoms with Crippen molar-refractivity contribution in [2.75, 3.05) is 18.0 Å². The molecule has 1 fully saturated rings. The van der Waals surface area contributed by atoms with E-state index in [-0.39, 0.29) is 11.7 Å². The van der Waals surface area contributed by atoms with Crippen LogP contribution >= 0.6 is 0 Å². The summed E-state index contributed by atoms with van der Waals surface area (Å²) in [7, 11) is 0. The Kier molecular flexibility index (Phi) is 3.09. The molecule has 104 valence electrons. The zero-order valence-corrected chi connectivity index (χ0v) is 11.2. The number of anilines is 1. The van der Waals surface area contributed by atoms with Crippen molar-refractivity contribution in [3.05, 3.63) is 35.8 Å². The Morgan fingerprint density at radius 2 is 2.35 bits per heavy atom. The van der Waals surface area contributed by atoms with E-state index >= 15 is 0 Å². The van der Waals surface area contributed by atoms with Crippen molar-refractivity contribution >= 4 is 11.7 Å². The Bertz CT molecular complexity index is 637. The van der Waals surface area contributed by atoms with Crippen LogP contribution in [0.25, 0.3) is 0 Å². The number of amides is 1. The number of nitrogens with zero attached hydrogens (tertiary/aromatic N) is 5. The lowest BCUT2D eigenvalue weighted by molar-refractivity contribution is 0.0995. The molecule has 0 spiro atoms. The molecule has 0 aromatic carbocycles. The van der Waals surface area contributed by atoms with Gasteiger partial charge in [-0.05, 0) is 31.0 Å². The third-order valence-corrected chi connectivity index (χ3v) is 3.53. The minimum absolute atomic E-state index is 0.193. The van der Waals surface area contributed by atoms with Crippen molar-refractivity contribution in [1.82, 2.24) is 20.0 Å². The topological polar surface area (TPSA) is 89.9 Å².